The summed E-state index contributed by atoms with van der Waals surface area (Å²) in [5.41, 5.74) is 1.28. The Balaban J connectivity index is 2.15. The van der Waals surface area contributed by atoms with Crippen LogP contribution < -0.4 is 0 Å². The molecule has 2 heterocycles. The first kappa shape index (κ1) is 12.2. The summed E-state index contributed by atoms with van der Waals surface area (Å²) in [4.78, 5) is 23.2. The lowest BCUT2D eigenvalue weighted by molar-refractivity contribution is -0.136. The van der Waals surface area contributed by atoms with Crippen LogP contribution in [0.2, 0.25) is 0 Å². The van der Waals surface area contributed by atoms with E-state index in [9.17, 15) is 9.59 Å². The summed E-state index contributed by atoms with van der Waals surface area (Å²) in [6.07, 6.45) is 2.72. The molecule has 0 aliphatic rings. The SMILES string of the molecule is O=C(O)Cc1cc(C(=O)c2ccco2)c2occc2c1. The third-order valence-corrected chi connectivity index (χ3v) is 2.96. The Labute approximate surface area is 113 Å². The maximum atomic E-state index is 12.4. The number of carboxylic acid groups (broad SMARTS) is 1. The van der Waals surface area contributed by atoms with Gasteiger partial charge in [0.05, 0.1) is 24.5 Å². The molecule has 100 valence electrons. The lowest BCUT2D eigenvalue weighted by Gasteiger charge is -2.03. The van der Waals surface area contributed by atoms with E-state index in [1.54, 1.807) is 24.3 Å². The zero-order valence-corrected chi connectivity index (χ0v) is 10.3. The van der Waals surface area contributed by atoms with Gasteiger partial charge in [0.2, 0.25) is 5.78 Å². The minimum Gasteiger partial charge on any atom is -0.481 e. The monoisotopic (exact) mass is 270 g/mol. The molecule has 0 unspecified atom stereocenters. The average molecular weight is 270 g/mol. The highest BCUT2D eigenvalue weighted by Crippen LogP contribution is 2.25. The van der Waals surface area contributed by atoms with Crippen molar-refractivity contribution in [2.24, 2.45) is 0 Å². The first-order valence-electron chi connectivity index (χ1n) is 5.95. The summed E-state index contributed by atoms with van der Waals surface area (Å²) in [6.45, 7) is 0. The van der Waals surface area contributed by atoms with Gasteiger partial charge in [0.1, 0.15) is 5.58 Å². The molecule has 0 fully saturated rings. The predicted octanol–water partition coefficient (Wildman–Crippen LogP) is 2.88. The number of carbonyl (C=O) groups is 2. The standard InChI is InChI=1S/C15H10O5/c16-13(17)8-9-6-10-3-5-20-15(10)11(7-9)14(18)12-2-1-4-19-12/h1-7H,8H2,(H,16,17). The van der Waals surface area contributed by atoms with E-state index in [4.69, 9.17) is 13.9 Å². The number of ketones is 1. The maximum Gasteiger partial charge on any atom is 0.307 e. The van der Waals surface area contributed by atoms with Gasteiger partial charge in [0.15, 0.2) is 5.76 Å². The van der Waals surface area contributed by atoms with E-state index < -0.39 is 5.97 Å². The fraction of sp³-hybridized carbons (Fsp3) is 0.0667. The van der Waals surface area contributed by atoms with Gasteiger partial charge in [-0.25, -0.2) is 0 Å². The van der Waals surface area contributed by atoms with Crippen LogP contribution in [-0.4, -0.2) is 16.9 Å². The fourth-order valence-corrected chi connectivity index (χ4v) is 2.13. The van der Waals surface area contributed by atoms with Crippen LogP contribution in [-0.2, 0) is 11.2 Å². The summed E-state index contributed by atoms with van der Waals surface area (Å²) in [6, 6.07) is 8.10. The molecule has 1 aromatic carbocycles. The van der Waals surface area contributed by atoms with Crippen molar-refractivity contribution in [2.45, 2.75) is 6.42 Å². The van der Waals surface area contributed by atoms with Gasteiger partial charge in [0.25, 0.3) is 0 Å². The minimum atomic E-state index is -0.954. The van der Waals surface area contributed by atoms with Gasteiger partial charge in [-0.15, -0.1) is 0 Å². The van der Waals surface area contributed by atoms with Gasteiger partial charge in [-0.1, -0.05) is 0 Å². The van der Waals surface area contributed by atoms with Crippen molar-refractivity contribution < 1.29 is 23.5 Å². The summed E-state index contributed by atoms with van der Waals surface area (Å²) >= 11 is 0. The minimum absolute atomic E-state index is 0.153. The number of carboxylic acids is 1. The van der Waals surface area contributed by atoms with Crippen LogP contribution in [0.25, 0.3) is 11.0 Å². The molecule has 3 rings (SSSR count). The average Bonchev–Trinajstić information content (AvgIpc) is 3.07. The van der Waals surface area contributed by atoms with Gasteiger partial charge in [0, 0.05) is 5.39 Å². The second-order valence-electron chi connectivity index (χ2n) is 4.36. The van der Waals surface area contributed by atoms with E-state index in [1.165, 1.54) is 18.6 Å². The van der Waals surface area contributed by atoms with Crippen molar-refractivity contribution in [3.8, 4) is 0 Å². The number of benzene rings is 1. The molecule has 5 heteroatoms. The summed E-state index contributed by atoms with van der Waals surface area (Å²) in [5, 5.41) is 9.57. The highest BCUT2D eigenvalue weighted by molar-refractivity contribution is 6.14. The van der Waals surface area contributed by atoms with Crippen LogP contribution in [0.4, 0.5) is 0 Å². The number of hydrogen-bond donors (Lipinski definition) is 1. The number of hydrogen-bond acceptors (Lipinski definition) is 4. The summed E-state index contributed by atoms with van der Waals surface area (Å²) in [5.74, 6) is -1.10. The lowest BCUT2D eigenvalue weighted by Crippen LogP contribution is -2.04. The molecular weight excluding hydrogens is 260 g/mol. The molecule has 0 spiro atoms. The van der Waals surface area contributed by atoms with E-state index >= 15 is 0 Å². The summed E-state index contributed by atoms with van der Waals surface area (Å²) < 4.78 is 10.4. The molecule has 0 atom stereocenters. The van der Waals surface area contributed by atoms with E-state index in [0.29, 0.717) is 22.1 Å². The highest BCUT2D eigenvalue weighted by atomic mass is 16.4. The third-order valence-electron chi connectivity index (χ3n) is 2.96. The Hall–Kier alpha value is -2.82. The van der Waals surface area contributed by atoms with Crippen LogP contribution in [0.1, 0.15) is 21.7 Å². The molecule has 2 aromatic heterocycles. The first-order valence-corrected chi connectivity index (χ1v) is 5.95. The Morgan fingerprint density at radius 3 is 2.65 bits per heavy atom. The predicted molar refractivity (Wildman–Crippen MR) is 69.7 cm³/mol. The molecule has 0 aliphatic carbocycles. The van der Waals surface area contributed by atoms with Gasteiger partial charge >= 0.3 is 5.97 Å². The third kappa shape index (κ3) is 2.09. The second kappa shape index (κ2) is 4.70. The maximum absolute atomic E-state index is 12.4. The van der Waals surface area contributed by atoms with E-state index in [-0.39, 0.29) is 18.0 Å². The van der Waals surface area contributed by atoms with Crippen molar-refractivity contribution in [2.75, 3.05) is 0 Å². The van der Waals surface area contributed by atoms with E-state index in [2.05, 4.69) is 0 Å². The van der Waals surface area contributed by atoms with Crippen molar-refractivity contribution in [1.82, 2.24) is 0 Å². The van der Waals surface area contributed by atoms with Crippen LogP contribution in [0.5, 0.6) is 0 Å². The normalized spacial score (nSPS) is 10.8. The molecule has 3 aromatic rings. The molecule has 0 radical (unpaired) electrons. The Morgan fingerprint density at radius 2 is 1.95 bits per heavy atom. The molecule has 0 saturated carbocycles. The lowest BCUT2D eigenvalue weighted by atomic mass is 10.0. The molecule has 0 saturated heterocycles. The number of rotatable bonds is 4. The Bertz CT molecular complexity index is 780. The number of aliphatic carboxylic acids is 1. The highest BCUT2D eigenvalue weighted by Gasteiger charge is 2.19. The van der Waals surface area contributed by atoms with Crippen molar-refractivity contribution in [1.29, 1.82) is 0 Å². The molecule has 5 nitrogen and oxygen atoms in total. The van der Waals surface area contributed by atoms with Gasteiger partial charge < -0.3 is 13.9 Å². The van der Waals surface area contributed by atoms with E-state index in [0.717, 1.165) is 0 Å². The Morgan fingerprint density at radius 1 is 1.10 bits per heavy atom. The van der Waals surface area contributed by atoms with Crippen molar-refractivity contribution in [3.63, 3.8) is 0 Å². The molecule has 20 heavy (non-hydrogen) atoms. The zero-order valence-electron chi connectivity index (χ0n) is 10.3. The molecule has 0 bridgehead atoms. The van der Waals surface area contributed by atoms with Crippen LogP contribution in [0.15, 0.2) is 51.7 Å². The topological polar surface area (TPSA) is 80.6 Å². The Kier molecular flexibility index (Phi) is 2.87. The second-order valence-corrected chi connectivity index (χ2v) is 4.36. The zero-order chi connectivity index (χ0) is 14.1. The molecular formula is C15H10O5. The molecule has 0 amide bonds. The number of furan rings is 2. The quantitative estimate of drug-likeness (QED) is 0.737. The fourth-order valence-electron chi connectivity index (χ4n) is 2.13. The van der Waals surface area contributed by atoms with E-state index in [1.807, 2.05) is 0 Å². The summed E-state index contributed by atoms with van der Waals surface area (Å²) in [7, 11) is 0. The number of fused-ring (bicyclic) bond motifs is 1. The first-order chi connectivity index (χ1) is 9.65. The molecule has 0 aliphatic heterocycles. The van der Waals surface area contributed by atoms with Gasteiger partial charge in [-0.2, -0.15) is 0 Å². The number of carbonyl (C=O) groups excluding carboxylic acids is 1. The van der Waals surface area contributed by atoms with Crippen LogP contribution in [0.3, 0.4) is 0 Å². The van der Waals surface area contributed by atoms with Gasteiger partial charge in [-0.05, 0) is 35.9 Å². The van der Waals surface area contributed by atoms with Gasteiger partial charge in [-0.3, -0.25) is 9.59 Å². The van der Waals surface area contributed by atoms with Crippen molar-refractivity contribution >= 4 is 22.7 Å². The largest absolute Gasteiger partial charge is 0.481 e. The smallest absolute Gasteiger partial charge is 0.307 e. The molecule has 1 N–H and O–H groups in total. The van der Waals surface area contributed by atoms with Crippen LogP contribution in [0, 0.1) is 0 Å². The van der Waals surface area contributed by atoms with Crippen molar-refractivity contribution in [3.05, 3.63) is 59.7 Å². The van der Waals surface area contributed by atoms with Crippen LogP contribution >= 0.6 is 0 Å².